The lowest BCUT2D eigenvalue weighted by Crippen LogP contribution is -2.04. The van der Waals surface area contributed by atoms with Crippen LogP contribution in [0.15, 0.2) is 36.8 Å². The molecular formula is C13H11N5O. The van der Waals surface area contributed by atoms with E-state index in [4.69, 9.17) is 0 Å². The molecule has 0 fully saturated rings. The van der Waals surface area contributed by atoms with Crippen molar-refractivity contribution in [2.45, 2.75) is 6.42 Å². The van der Waals surface area contributed by atoms with Gasteiger partial charge in [0.2, 0.25) is 0 Å². The lowest BCUT2D eigenvalue weighted by molar-refractivity contribution is 0.0992. The highest BCUT2D eigenvalue weighted by molar-refractivity contribution is 5.99. The lowest BCUT2D eigenvalue weighted by atomic mass is 10.1. The van der Waals surface area contributed by atoms with E-state index in [0.717, 1.165) is 5.52 Å². The summed E-state index contributed by atoms with van der Waals surface area (Å²) in [7, 11) is 1.77. The molecule has 0 atom stereocenters. The van der Waals surface area contributed by atoms with Gasteiger partial charge in [0.05, 0.1) is 23.1 Å². The molecule has 0 amide bonds. The Hall–Kier alpha value is -2.63. The molecule has 3 rings (SSSR count). The molecule has 0 saturated carbocycles. The highest BCUT2D eigenvalue weighted by Gasteiger charge is 2.10. The molecule has 6 heteroatoms. The molecule has 0 aliphatic heterocycles. The number of fused-ring (bicyclic) bond motifs is 1. The maximum Gasteiger partial charge on any atom is 0.169 e. The van der Waals surface area contributed by atoms with Gasteiger partial charge < -0.3 is 0 Å². The van der Waals surface area contributed by atoms with Crippen LogP contribution >= 0.6 is 0 Å². The third-order valence-electron chi connectivity index (χ3n) is 2.78. The molecule has 0 N–H and O–H groups in total. The molecule has 19 heavy (non-hydrogen) atoms. The van der Waals surface area contributed by atoms with Gasteiger partial charge >= 0.3 is 0 Å². The van der Waals surface area contributed by atoms with E-state index in [-0.39, 0.29) is 12.2 Å². The first kappa shape index (κ1) is 11.5. The van der Waals surface area contributed by atoms with Crippen LogP contribution in [0.3, 0.4) is 0 Å². The molecular weight excluding hydrogens is 242 g/mol. The Morgan fingerprint density at radius 2 is 2.00 bits per heavy atom. The van der Waals surface area contributed by atoms with Crippen molar-refractivity contribution in [2.24, 2.45) is 7.05 Å². The number of carbonyl (C=O) groups excluding carboxylic acids is 1. The average Bonchev–Trinajstić information content (AvgIpc) is 2.83. The second kappa shape index (κ2) is 4.56. The van der Waals surface area contributed by atoms with Gasteiger partial charge in [-0.05, 0) is 18.2 Å². The molecule has 3 aromatic rings. The number of ketones is 1. The summed E-state index contributed by atoms with van der Waals surface area (Å²) in [6, 6.07) is 5.31. The minimum absolute atomic E-state index is 0.00643. The van der Waals surface area contributed by atoms with Crippen molar-refractivity contribution < 1.29 is 4.79 Å². The number of Topliss-reactive ketones (excluding diaryl/α,β-unsaturated/α-hetero) is 1. The monoisotopic (exact) mass is 253 g/mol. The first-order valence-corrected chi connectivity index (χ1v) is 5.81. The Bertz CT molecular complexity index is 749. The quantitative estimate of drug-likeness (QED) is 0.655. The fraction of sp³-hybridized carbons (Fsp3) is 0.154. The van der Waals surface area contributed by atoms with Gasteiger partial charge in [0.25, 0.3) is 0 Å². The van der Waals surface area contributed by atoms with Crippen molar-refractivity contribution in [3.63, 3.8) is 0 Å². The molecule has 0 radical (unpaired) electrons. The number of carbonyl (C=O) groups is 1. The summed E-state index contributed by atoms with van der Waals surface area (Å²) in [6.45, 7) is 0. The minimum atomic E-state index is -0.00643. The van der Waals surface area contributed by atoms with Gasteiger partial charge in [-0.25, -0.2) is 0 Å². The zero-order chi connectivity index (χ0) is 13.2. The second-order valence-electron chi connectivity index (χ2n) is 4.24. The molecule has 6 nitrogen and oxygen atoms in total. The summed E-state index contributed by atoms with van der Waals surface area (Å²) in [5.74, 6) is -0.00643. The standard InChI is InChI=1S/C13H11N5O/c1-18-8-10(16-17-18)7-13(19)9-2-3-11-12(6-9)15-5-4-14-11/h2-6,8H,7H2,1H3. The number of hydrogen-bond acceptors (Lipinski definition) is 5. The van der Waals surface area contributed by atoms with Gasteiger partial charge in [-0.1, -0.05) is 5.21 Å². The Labute approximate surface area is 109 Å². The number of benzene rings is 1. The number of rotatable bonds is 3. The fourth-order valence-electron chi connectivity index (χ4n) is 1.88. The number of aromatic nitrogens is 5. The van der Waals surface area contributed by atoms with Gasteiger partial charge in [-0.2, -0.15) is 0 Å². The van der Waals surface area contributed by atoms with Gasteiger partial charge in [0.15, 0.2) is 5.78 Å². The van der Waals surface area contributed by atoms with Crippen LogP contribution in [-0.2, 0) is 13.5 Å². The van der Waals surface area contributed by atoms with Crippen molar-refractivity contribution in [1.82, 2.24) is 25.0 Å². The second-order valence-corrected chi connectivity index (χ2v) is 4.24. The van der Waals surface area contributed by atoms with E-state index in [1.807, 2.05) is 0 Å². The summed E-state index contributed by atoms with van der Waals surface area (Å²) in [5.41, 5.74) is 2.76. The SMILES string of the molecule is Cn1cc(CC(=O)c2ccc3nccnc3c2)nn1. The Kier molecular flexibility index (Phi) is 2.75. The van der Waals surface area contributed by atoms with E-state index >= 15 is 0 Å². The van der Waals surface area contributed by atoms with Crippen molar-refractivity contribution in [2.75, 3.05) is 0 Å². The molecule has 0 unspecified atom stereocenters. The Balaban J connectivity index is 1.89. The molecule has 0 spiro atoms. The number of nitrogens with zero attached hydrogens (tertiary/aromatic N) is 5. The summed E-state index contributed by atoms with van der Waals surface area (Å²) in [4.78, 5) is 20.5. The van der Waals surface area contributed by atoms with Gasteiger partial charge in [0.1, 0.15) is 0 Å². The maximum absolute atomic E-state index is 12.1. The highest BCUT2D eigenvalue weighted by atomic mass is 16.1. The minimum Gasteiger partial charge on any atom is -0.294 e. The third kappa shape index (κ3) is 2.33. The average molecular weight is 253 g/mol. The van der Waals surface area contributed by atoms with Crippen LogP contribution in [0.25, 0.3) is 11.0 Å². The van der Waals surface area contributed by atoms with Crippen LogP contribution in [0.2, 0.25) is 0 Å². The predicted octanol–water partition coefficient (Wildman–Crippen LogP) is 1.18. The van der Waals surface area contributed by atoms with Crippen molar-refractivity contribution in [3.8, 4) is 0 Å². The van der Waals surface area contributed by atoms with Crippen LogP contribution in [-0.4, -0.2) is 30.7 Å². The van der Waals surface area contributed by atoms with Crippen molar-refractivity contribution >= 4 is 16.8 Å². The Morgan fingerprint density at radius 1 is 1.21 bits per heavy atom. The number of hydrogen-bond donors (Lipinski definition) is 0. The van der Waals surface area contributed by atoms with Crippen LogP contribution in [0.5, 0.6) is 0 Å². The van der Waals surface area contributed by atoms with Crippen molar-refractivity contribution in [3.05, 3.63) is 48.0 Å². The molecule has 0 saturated heterocycles. The van der Waals surface area contributed by atoms with Gasteiger partial charge in [0, 0.05) is 31.2 Å². The third-order valence-corrected chi connectivity index (χ3v) is 2.78. The van der Waals surface area contributed by atoms with Gasteiger partial charge in [-0.15, -0.1) is 5.10 Å². The van der Waals surface area contributed by atoms with Crippen LogP contribution in [0.1, 0.15) is 16.1 Å². The molecule has 94 valence electrons. The van der Waals surface area contributed by atoms with E-state index in [0.29, 0.717) is 16.8 Å². The first-order chi connectivity index (χ1) is 9.22. The Morgan fingerprint density at radius 3 is 2.74 bits per heavy atom. The maximum atomic E-state index is 12.1. The van der Waals surface area contributed by atoms with E-state index < -0.39 is 0 Å². The summed E-state index contributed by atoms with van der Waals surface area (Å²) >= 11 is 0. The molecule has 1 aromatic carbocycles. The molecule has 0 aliphatic rings. The molecule has 2 heterocycles. The van der Waals surface area contributed by atoms with Crippen LogP contribution in [0.4, 0.5) is 0 Å². The molecule has 0 aliphatic carbocycles. The highest BCUT2D eigenvalue weighted by Crippen LogP contribution is 2.12. The zero-order valence-corrected chi connectivity index (χ0v) is 10.3. The first-order valence-electron chi connectivity index (χ1n) is 5.81. The lowest BCUT2D eigenvalue weighted by Gasteiger charge is -2.00. The summed E-state index contributed by atoms with van der Waals surface area (Å²) in [5, 5.41) is 7.71. The van der Waals surface area contributed by atoms with Crippen molar-refractivity contribution in [1.29, 1.82) is 0 Å². The largest absolute Gasteiger partial charge is 0.294 e. The normalized spacial score (nSPS) is 10.8. The van der Waals surface area contributed by atoms with E-state index in [2.05, 4.69) is 20.3 Å². The summed E-state index contributed by atoms with van der Waals surface area (Å²) < 4.78 is 1.58. The predicted molar refractivity (Wildman–Crippen MR) is 68.6 cm³/mol. The zero-order valence-electron chi connectivity index (χ0n) is 10.3. The van der Waals surface area contributed by atoms with E-state index in [1.54, 1.807) is 48.5 Å². The number of aryl methyl sites for hydroxylation is 1. The van der Waals surface area contributed by atoms with E-state index in [9.17, 15) is 4.79 Å². The van der Waals surface area contributed by atoms with E-state index in [1.165, 1.54) is 0 Å². The van der Waals surface area contributed by atoms with Gasteiger partial charge in [-0.3, -0.25) is 19.4 Å². The topological polar surface area (TPSA) is 73.6 Å². The summed E-state index contributed by atoms with van der Waals surface area (Å²) in [6.07, 6.45) is 5.21. The molecule has 2 aromatic heterocycles. The molecule has 0 bridgehead atoms. The van der Waals surface area contributed by atoms with Crippen LogP contribution < -0.4 is 0 Å². The van der Waals surface area contributed by atoms with Crippen LogP contribution in [0, 0.1) is 0 Å². The fourth-order valence-corrected chi connectivity index (χ4v) is 1.88. The smallest absolute Gasteiger partial charge is 0.169 e.